The quantitative estimate of drug-likeness (QED) is 0.523. The second-order valence-corrected chi connectivity index (χ2v) is 7.97. The van der Waals surface area contributed by atoms with E-state index in [0.29, 0.717) is 17.9 Å². The zero-order valence-electron chi connectivity index (χ0n) is 15.0. The topological polar surface area (TPSA) is 110 Å². The first kappa shape index (κ1) is 20.3. The number of aliphatic hydroxyl groups is 4. The van der Waals surface area contributed by atoms with Crippen molar-refractivity contribution in [2.75, 3.05) is 6.61 Å². The van der Waals surface area contributed by atoms with Crippen LogP contribution >= 0.6 is 11.6 Å². The Hall–Kier alpha value is -1.41. The molecule has 0 amide bonds. The molecule has 0 saturated carbocycles. The normalized spacial score (nSPS) is 36.9. The van der Waals surface area contributed by atoms with Gasteiger partial charge in [0.1, 0.15) is 30.2 Å². The molecule has 5 N–H and O–H groups in total. The molecular formula is C20H25ClO6. The van der Waals surface area contributed by atoms with Crippen LogP contribution < -0.4 is 0 Å². The lowest BCUT2D eigenvalue weighted by molar-refractivity contribution is -0.249. The third-order valence-electron chi connectivity index (χ3n) is 5.44. The van der Waals surface area contributed by atoms with E-state index in [2.05, 4.69) is 0 Å². The van der Waals surface area contributed by atoms with Crippen LogP contribution in [0.5, 0.6) is 5.75 Å². The molecule has 27 heavy (non-hydrogen) atoms. The molecule has 1 saturated heterocycles. The molecule has 1 fully saturated rings. The maximum absolute atomic E-state index is 10.5. The molecule has 1 heterocycles. The molecule has 148 valence electrons. The van der Waals surface area contributed by atoms with E-state index in [1.54, 1.807) is 18.2 Å². The van der Waals surface area contributed by atoms with E-state index in [1.807, 2.05) is 25.1 Å². The van der Waals surface area contributed by atoms with Crippen molar-refractivity contribution in [3.63, 3.8) is 0 Å². The molecule has 2 aliphatic rings. The third kappa shape index (κ3) is 4.06. The van der Waals surface area contributed by atoms with Crippen LogP contribution in [0.15, 0.2) is 47.0 Å². The minimum atomic E-state index is -1.41. The highest BCUT2D eigenvalue weighted by Gasteiger charge is 2.50. The molecule has 1 aliphatic carbocycles. The van der Waals surface area contributed by atoms with Gasteiger partial charge < -0.3 is 30.3 Å². The molecule has 7 heteroatoms. The maximum Gasteiger partial charge on any atom is 0.115 e. The number of hydrogen-bond acceptors (Lipinski definition) is 6. The molecule has 6 nitrogen and oxygen atoms in total. The predicted octanol–water partition coefficient (Wildman–Crippen LogP) is 1.24. The van der Waals surface area contributed by atoms with Crippen molar-refractivity contribution in [3.05, 3.63) is 52.6 Å². The van der Waals surface area contributed by atoms with E-state index >= 15 is 0 Å². The summed E-state index contributed by atoms with van der Waals surface area (Å²) in [6.07, 6.45) is -1.22. The van der Waals surface area contributed by atoms with Crippen LogP contribution in [-0.4, -0.2) is 62.7 Å². The number of hydrogen-bond donors (Lipinski definition) is 5. The van der Waals surface area contributed by atoms with Gasteiger partial charge in [0, 0.05) is 10.4 Å². The molecular weight excluding hydrogens is 372 g/mol. The van der Waals surface area contributed by atoms with Crippen molar-refractivity contribution in [1.82, 2.24) is 0 Å². The van der Waals surface area contributed by atoms with Gasteiger partial charge in [0.05, 0.1) is 12.7 Å². The van der Waals surface area contributed by atoms with Gasteiger partial charge in [-0.3, -0.25) is 0 Å². The van der Waals surface area contributed by atoms with Crippen molar-refractivity contribution in [1.29, 1.82) is 0 Å². The minimum Gasteiger partial charge on any atom is -0.508 e. The number of rotatable bonds is 4. The minimum absolute atomic E-state index is 0.188. The number of aromatic hydroxyl groups is 1. The molecule has 0 aromatic heterocycles. The smallest absolute Gasteiger partial charge is 0.115 e. The summed E-state index contributed by atoms with van der Waals surface area (Å²) in [7, 11) is 0. The second-order valence-electron chi connectivity index (χ2n) is 7.56. The van der Waals surface area contributed by atoms with Crippen LogP contribution in [-0.2, 0) is 11.2 Å². The first-order valence-corrected chi connectivity index (χ1v) is 9.28. The Morgan fingerprint density at radius 3 is 2.41 bits per heavy atom. The summed E-state index contributed by atoms with van der Waals surface area (Å²) in [5, 5.41) is 50.1. The lowest BCUT2D eigenvalue weighted by Crippen LogP contribution is -2.62. The molecule has 3 rings (SSSR count). The molecule has 1 aromatic rings. The SMILES string of the molecule is CC1([C@@H]2O[C@H](CO)[C@@H](O)[C@H](O)[C@H]2O)C=CC(Cl)=C(Cc2ccc(O)cc2)C1. The molecule has 1 aromatic carbocycles. The number of allylic oxidation sites excluding steroid dienone is 3. The van der Waals surface area contributed by atoms with E-state index in [4.69, 9.17) is 16.3 Å². The van der Waals surface area contributed by atoms with Crippen LogP contribution in [0.2, 0.25) is 0 Å². The Morgan fingerprint density at radius 1 is 1.11 bits per heavy atom. The van der Waals surface area contributed by atoms with E-state index in [-0.39, 0.29) is 5.75 Å². The fraction of sp³-hybridized carbons (Fsp3) is 0.500. The summed E-state index contributed by atoms with van der Waals surface area (Å²) < 4.78 is 5.76. The number of phenolic OH excluding ortho intramolecular Hbond substituents is 1. The summed E-state index contributed by atoms with van der Waals surface area (Å²) in [4.78, 5) is 0. The van der Waals surface area contributed by atoms with Gasteiger partial charge in [0.2, 0.25) is 0 Å². The number of aliphatic hydroxyl groups excluding tert-OH is 4. The molecule has 1 unspecified atom stereocenters. The van der Waals surface area contributed by atoms with Crippen molar-refractivity contribution in [2.24, 2.45) is 5.41 Å². The Kier molecular flexibility index (Phi) is 5.96. The van der Waals surface area contributed by atoms with Crippen LogP contribution in [0.3, 0.4) is 0 Å². The van der Waals surface area contributed by atoms with Crippen molar-refractivity contribution < 1.29 is 30.3 Å². The Balaban J connectivity index is 1.82. The van der Waals surface area contributed by atoms with Crippen molar-refractivity contribution in [3.8, 4) is 5.75 Å². The predicted molar refractivity (Wildman–Crippen MR) is 100 cm³/mol. The molecule has 0 spiro atoms. The Bertz CT molecular complexity index is 728. The van der Waals surface area contributed by atoms with Gasteiger partial charge in [0.15, 0.2) is 0 Å². The van der Waals surface area contributed by atoms with Crippen molar-refractivity contribution in [2.45, 2.75) is 50.3 Å². The standard InChI is InChI=1S/C20H25ClO6/c1-20(19-18(26)17(25)16(24)15(10-22)27-19)7-6-14(21)12(9-20)8-11-2-4-13(23)5-3-11/h2-7,15-19,22-26H,8-10H2,1H3/t15-,16-,17+,18-,19-,20?/m1/s1. The molecule has 6 atom stereocenters. The van der Waals surface area contributed by atoms with E-state index in [1.165, 1.54) is 0 Å². The number of benzene rings is 1. The highest BCUT2D eigenvalue weighted by Crippen LogP contribution is 2.44. The highest BCUT2D eigenvalue weighted by atomic mass is 35.5. The van der Waals surface area contributed by atoms with Gasteiger partial charge in [-0.05, 0) is 42.2 Å². The Labute approximate surface area is 163 Å². The lowest BCUT2D eigenvalue weighted by Gasteiger charge is -2.48. The summed E-state index contributed by atoms with van der Waals surface area (Å²) in [5.74, 6) is 0.188. The average Bonchev–Trinajstić information content (AvgIpc) is 2.65. The molecule has 0 bridgehead atoms. The van der Waals surface area contributed by atoms with Gasteiger partial charge in [-0.25, -0.2) is 0 Å². The van der Waals surface area contributed by atoms with Crippen LogP contribution in [0.25, 0.3) is 0 Å². The summed E-state index contributed by atoms with van der Waals surface area (Å²) in [6.45, 7) is 1.43. The average molecular weight is 397 g/mol. The summed E-state index contributed by atoms with van der Waals surface area (Å²) in [6, 6.07) is 6.85. The molecule has 0 radical (unpaired) electrons. The second kappa shape index (κ2) is 7.91. The Morgan fingerprint density at radius 2 is 1.78 bits per heavy atom. The monoisotopic (exact) mass is 396 g/mol. The number of phenols is 1. The van der Waals surface area contributed by atoms with Crippen LogP contribution in [0.4, 0.5) is 0 Å². The van der Waals surface area contributed by atoms with Gasteiger partial charge in [-0.1, -0.05) is 36.7 Å². The fourth-order valence-corrected chi connectivity index (χ4v) is 4.03. The van der Waals surface area contributed by atoms with E-state index < -0.39 is 42.5 Å². The van der Waals surface area contributed by atoms with Gasteiger partial charge in [0.25, 0.3) is 0 Å². The first-order chi connectivity index (χ1) is 12.7. The van der Waals surface area contributed by atoms with Crippen LogP contribution in [0, 0.1) is 5.41 Å². The number of halogens is 1. The first-order valence-electron chi connectivity index (χ1n) is 8.90. The zero-order valence-corrected chi connectivity index (χ0v) is 15.8. The molecule has 1 aliphatic heterocycles. The van der Waals surface area contributed by atoms with E-state index in [9.17, 15) is 25.5 Å². The largest absolute Gasteiger partial charge is 0.508 e. The summed E-state index contributed by atoms with van der Waals surface area (Å²) >= 11 is 6.38. The lowest BCUT2D eigenvalue weighted by atomic mass is 9.70. The summed E-state index contributed by atoms with van der Waals surface area (Å²) in [5.41, 5.74) is 1.23. The highest BCUT2D eigenvalue weighted by molar-refractivity contribution is 6.31. The van der Waals surface area contributed by atoms with Crippen LogP contribution in [0.1, 0.15) is 18.9 Å². The van der Waals surface area contributed by atoms with E-state index in [0.717, 1.165) is 11.1 Å². The van der Waals surface area contributed by atoms with Gasteiger partial charge in [-0.15, -0.1) is 0 Å². The fourth-order valence-electron chi connectivity index (χ4n) is 3.83. The third-order valence-corrected chi connectivity index (χ3v) is 5.83. The zero-order chi connectivity index (χ0) is 19.8. The van der Waals surface area contributed by atoms with Crippen molar-refractivity contribution >= 4 is 11.6 Å². The van der Waals surface area contributed by atoms with Gasteiger partial charge >= 0.3 is 0 Å². The number of ether oxygens (including phenoxy) is 1. The van der Waals surface area contributed by atoms with Gasteiger partial charge in [-0.2, -0.15) is 0 Å². The maximum atomic E-state index is 10.5.